The molecule has 0 amide bonds. The van der Waals surface area contributed by atoms with Gasteiger partial charge >= 0.3 is 0 Å². The van der Waals surface area contributed by atoms with Crippen molar-refractivity contribution < 1.29 is 20.4 Å². The molecule has 0 heterocycles. The second-order valence-electron chi connectivity index (χ2n) is 12.4. The maximum atomic E-state index is 13.5. The summed E-state index contributed by atoms with van der Waals surface area (Å²) in [4.78, 5) is 0. The van der Waals surface area contributed by atoms with Crippen LogP contribution in [-0.4, -0.2) is 33.6 Å². The predicted molar refractivity (Wildman–Crippen MR) is 174 cm³/mol. The van der Waals surface area contributed by atoms with E-state index in [1.54, 1.807) is 0 Å². The van der Waals surface area contributed by atoms with E-state index >= 15 is 0 Å². The summed E-state index contributed by atoms with van der Waals surface area (Å²) in [5.41, 5.74) is 4.55. The molecule has 0 spiro atoms. The summed E-state index contributed by atoms with van der Waals surface area (Å²) in [5.74, 6) is 0. The molecule has 1 unspecified atom stereocenters. The van der Waals surface area contributed by atoms with E-state index in [-0.39, 0.29) is 0 Å². The normalized spacial score (nSPS) is 13.0. The second-order valence-corrected chi connectivity index (χ2v) is 12.4. The van der Waals surface area contributed by atoms with Crippen LogP contribution in [0.4, 0.5) is 0 Å². The first-order valence-corrected chi connectivity index (χ1v) is 16.0. The maximum Gasteiger partial charge on any atom is 0.128 e. The van der Waals surface area contributed by atoms with Crippen LogP contribution in [0, 0.1) is 26.2 Å². The Kier molecular flexibility index (Phi) is 12.4. The van der Waals surface area contributed by atoms with Gasteiger partial charge in [0.15, 0.2) is 0 Å². The molecule has 230 valence electrons. The zero-order valence-corrected chi connectivity index (χ0v) is 26.8. The molecule has 4 heteroatoms. The molecular formula is C38H54O4. The van der Waals surface area contributed by atoms with E-state index in [1.807, 2.05) is 57.2 Å². The van der Waals surface area contributed by atoms with Crippen molar-refractivity contribution in [2.45, 2.75) is 111 Å². The highest BCUT2D eigenvalue weighted by Gasteiger charge is 2.58. The topological polar surface area (TPSA) is 80.9 Å². The molecule has 0 bridgehead atoms. The van der Waals surface area contributed by atoms with Crippen molar-refractivity contribution in [2.75, 3.05) is 13.2 Å². The third kappa shape index (κ3) is 6.83. The van der Waals surface area contributed by atoms with Crippen molar-refractivity contribution in [2.24, 2.45) is 5.41 Å². The molecule has 1 atom stereocenters. The summed E-state index contributed by atoms with van der Waals surface area (Å²) in [6.45, 7) is 11.3. The van der Waals surface area contributed by atoms with Crippen LogP contribution in [0.25, 0.3) is 0 Å². The maximum absolute atomic E-state index is 13.5. The van der Waals surface area contributed by atoms with Gasteiger partial charge in [-0.15, -0.1) is 0 Å². The number of benzene rings is 3. The second kappa shape index (κ2) is 15.3. The number of hydrogen-bond acceptors (Lipinski definition) is 4. The van der Waals surface area contributed by atoms with Crippen molar-refractivity contribution in [3.05, 3.63) is 105 Å². The van der Waals surface area contributed by atoms with Gasteiger partial charge in [0.05, 0.1) is 24.7 Å². The summed E-state index contributed by atoms with van der Waals surface area (Å²) < 4.78 is 0. The van der Waals surface area contributed by atoms with E-state index in [4.69, 9.17) is 0 Å². The zero-order chi connectivity index (χ0) is 30.9. The lowest BCUT2D eigenvalue weighted by Gasteiger charge is -2.50. The van der Waals surface area contributed by atoms with Gasteiger partial charge < -0.3 is 20.4 Å². The molecule has 3 aromatic carbocycles. The van der Waals surface area contributed by atoms with E-state index in [0.29, 0.717) is 16.7 Å². The minimum atomic E-state index is -1.88. The Labute approximate surface area is 254 Å². The quantitative estimate of drug-likeness (QED) is 0.142. The third-order valence-corrected chi connectivity index (χ3v) is 9.10. The minimum absolute atomic E-state index is 0.607. The van der Waals surface area contributed by atoms with Gasteiger partial charge in [-0.25, -0.2) is 0 Å². The monoisotopic (exact) mass is 574 g/mol. The highest BCUT2D eigenvalue weighted by Crippen LogP contribution is 2.54. The Morgan fingerprint density at radius 1 is 0.595 bits per heavy atom. The molecule has 0 aromatic heterocycles. The Morgan fingerprint density at radius 3 is 1.38 bits per heavy atom. The van der Waals surface area contributed by atoms with Gasteiger partial charge in [0, 0.05) is 0 Å². The molecule has 0 saturated heterocycles. The number of aliphatic hydroxyl groups excluding tert-OH is 3. The third-order valence-electron chi connectivity index (χ3n) is 9.10. The minimum Gasteiger partial charge on any atom is -0.395 e. The Balaban J connectivity index is 2.44. The molecule has 42 heavy (non-hydrogen) atoms. The average molecular weight is 575 g/mol. The molecule has 0 aliphatic heterocycles. The number of hydrogen-bond donors (Lipinski definition) is 4. The van der Waals surface area contributed by atoms with Crippen LogP contribution in [0.3, 0.4) is 0 Å². The van der Waals surface area contributed by atoms with Crippen molar-refractivity contribution in [3.63, 3.8) is 0 Å². The lowest BCUT2D eigenvalue weighted by molar-refractivity contribution is -0.173. The van der Waals surface area contributed by atoms with Crippen LogP contribution in [0.1, 0.15) is 115 Å². The summed E-state index contributed by atoms with van der Waals surface area (Å²) in [6.07, 6.45) is 6.78. The fraction of sp³-hybridized carbons (Fsp3) is 0.526. The van der Waals surface area contributed by atoms with E-state index in [2.05, 4.69) is 39.0 Å². The molecule has 0 saturated carbocycles. The van der Waals surface area contributed by atoms with E-state index in [9.17, 15) is 20.4 Å². The average Bonchev–Trinajstić information content (AvgIpc) is 2.98. The van der Waals surface area contributed by atoms with E-state index < -0.39 is 30.3 Å². The molecule has 0 aliphatic rings. The zero-order valence-electron chi connectivity index (χ0n) is 26.8. The van der Waals surface area contributed by atoms with E-state index in [0.717, 1.165) is 91.2 Å². The lowest BCUT2D eigenvalue weighted by atomic mass is 9.59. The van der Waals surface area contributed by atoms with Crippen LogP contribution in [-0.2, 0) is 24.9 Å². The first-order valence-electron chi connectivity index (χ1n) is 16.0. The van der Waals surface area contributed by atoms with Crippen molar-refractivity contribution in [1.29, 1.82) is 0 Å². The van der Waals surface area contributed by atoms with Gasteiger partial charge in [0.2, 0.25) is 0 Å². The van der Waals surface area contributed by atoms with Crippen LogP contribution >= 0.6 is 0 Å². The smallest absolute Gasteiger partial charge is 0.128 e. The highest BCUT2D eigenvalue weighted by atomic mass is 16.3. The Morgan fingerprint density at radius 2 is 0.976 bits per heavy atom. The van der Waals surface area contributed by atoms with Crippen LogP contribution < -0.4 is 0 Å². The summed E-state index contributed by atoms with van der Waals surface area (Å²) in [7, 11) is 0. The number of rotatable bonds is 16. The molecular weight excluding hydrogens is 520 g/mol. The summed E-state index contributed by atoms with van der Waals surface area (Å²) >= 11 is 0. The van der Waals surface area contributed by atoms with Gasteiger partial charge in [-0.1, -0.05) is 111 Å². The van der Waals surface area contributed by atoms with Crippen LogP contribution in [0.2, 0.25) is 0 Å². The standard InChI is InChI=1S/C38H54O4/c1-7-10-13-30-22-27(4)16-19-33(30)36(41)37(25-39,26-40)38(42,34-20-17-28(5)23-31(34)14-11-8-2)35-21-18-29(6)24-32(35)15-12-9-3/h16-24,36,39-42H,7-15,25-26H2,1-6H3. The van der Waals surface area contributed by atoms with Crippen LogP contribution in [0.15, 0.2) is 54.6 Å². The molecule has 0 radical (unpaired) electrons. The fourth-order valence-corrected chi connectivity index (χ4v) is 6.51. The Bertz CT molecular complexity index is 1230. The van der Waals surface area contributed by atoms with Gasteiger partial charge in [-0.3, -0.25) is 0 Å². The SMILES string of the molecule is CCCCc1cc(C)ccc1C(O)C(CO)(CO)C(O)(c1ccc(C)cc1CCCC)c1ccc(C)cc1CCCC. The first kappa shape index (κ1) is 34.0. The Hall–Kier alpha value is -2.50. The van der Waals surface area contributed by atoms with Crippen molar-refractivity contribution >= 4 is 0 Å². The number of aliphatic hydroxyl groups is 4. The van der Waals surface area contributed by atoms with Gasteiger partial charge in [0.25, 0.3) is 0 Å². The largest absolute Gasteiger partial charge is 0.395 e. The predicted octanol–water partition coefficient (Wildman–Crippen LogP) is 7.58. The molecule has 3 aromatic rings. The molecule has 4 N–H and O–H groups in total. The summed E-state index contributed by atoms with van der Waals surface area (Å²) in [6, 6.07) is 18.0. The van der Waals surface area contributed by atoms with E-state index in [1.165, 1.54) is 0 Å². The number of unbranched alkanes of at least 4 members (excludes halogenated alkanes) is 3. The van der Waals surface area contributed by atoms with Crippen LogP contribution in [0.5, 0.6) is 0 Å². The fourth-order valence-electron chi connectivity index (χ4n) is 6.51. The molecule has 4 nitrogen and oxygen atoms in total. The molecule has 3 rings (SSSR count). The van der Waals surface area contributed by atoms with Gasteiger partial charge in [0.1, 0.15) is 5.60 Å². The van der Waals surface area contributed by atoms with Gasteiger partial charge in [-0.05, 0) is 92.7 Å². The van der Waals surface area contributed by atoms with Gasteiger partial charge in [-0.2, -0.15) is 0 Å². The highest BCUT2D eigenvalue weighted by molar-refractivity contribution is 5.50. The first-order chi connectivity index (χ1) is 20.1. The summed E-state index contributed by atoms with van der Waals surface area (Å²) in [5, 5.41) is 48.6. The van der Waals surface area contributed by atoms with Crippen molar-refractivity contribution in [1.82, 2.24) is 0 Å². The van der Waals surface area contributed by atoms with Crippen molar-refractivity contribution in [3.8, 4) is 0 Å². The number of aryl methyl sites for hydroxylation is 6. The molecule has 0 aliphatic carbocycles. The lowest BCUT2D eigenvalue weighted by Crippen LogP contribution is -2.56. The molecule has 0 fully saturated rings.